The van der Waals surface area contributed by atoms with Crippen LogP contribution in [-0.4, -0.2) is 43.2 Å². The van der Waals surface area contributed by atoms with Gasteiger partial charge in [0.15, 0.2) is 0 Å². The van der Waals surface area contributed by atoms with Crippen molar-refractivity contribution in [3.8, 4) is 0 Å². The second-order valence-electron chi connectivity index (χ2n) is 5.20. The molecule has 2 aliphatic rings. The van der Waals surface area contributed by atoms with Crippen LogP contribution in [0.3, 0.4) is 0 Å². The van der Waals surface area contributed by atoms with Crippen LogP contribution in [0, 0.1) is 5.92 Å². The molecule has 0 radical (unpaired) electrons. The van der Waals surface area contributed by atoms with Gasteiger partial charge in [-0.2, -0.15) is 0 Å². The number of rotatable bonds is 4. The largest absolute Gasteiger partial charge is 0.462 e. The van der Waals surface area contributed by atoms with Gasteiger partial charge in [0, 0.05) is 19.1 Å². The zero-order valence-electron chi connectivity index (χ0n) is 10.0. The molecule has 16 heavy (non-hydrogen) atoms. The Hall–Kier alpha value is -0.610. The summed E-state index contributed by atoms with van der Waals surface area (Å²) in [4.78, 5) is 13.9. The summed E-state index contributed by atoms with van der Waals surface area (Å²) in [6, 6.07) is 0.0266. The van der Waals surface area contributed by atoms with Crippen molar-refractivity contribution in [3.05, 3.63) is 0 Å². The maximum atomic E-state index is 11.6. The average molecular weight is 226 g/mol. The summed E-state index contributed by atoms with van der Waals surface area (Å²) in [5.74, 6) is 0.471. The van der Waals surface area contributed by atoms with Crippen LogP contribution in [0.5, 0.6) is 0 Å². The number of hydrogen-bond donors (Lipinski definition) is 1. The first-order valence-corrected chi connectivity index (χ1v) is 6.29. The summed E-state index contributed by atoms with van der Waals surface area (Å²) in [7, 11) is 2.10. The first-order valence-electron chi connectivity index (χ1n) is 6.29. The van der Waals surface area contributed by atoms with E-state index in [1.807, 2.05) is 0 Å². The van der Waals surface area contributed by atoms with Crippen molar-refractivity contribution in [1.29, 1.82) is 0 Å². The van der Waals surface area contributed by atoms with Crippen LogP contribution >= 0.6 is 0 Å². The van der Waals surface area contributed by atoms with Crippen LogP contribution < -0.4 is 5.73 Å². The van der Waals surface area contributed by atoms with Gasteiger partial charge in [-0.15, -0.1) is 0 Å². The molecule has 1 aliphatic heterocycles. The van der Waals surface area contributed by atoms with Crippen molar-refractivity contribution in [2.75, 3.05) is 20.1 Å². The number of esters is 1. The fourth-order valence-electron chi connectivity index (χ4n) is 2.22. The smallest absolute Gasteiger partial charge is 0.307 e. The van der Waals surface area contributed by atoms with E-state index in [2.05, 4.69) is 11.9 Å². The molecule has 4 nitrogen and oxygen atoms in total. The van der Waals surface area contributed by atoms with E-state index < -0.39 is 0 Å². The number of nitrogens with zero attached hydrogens (tertiary/aromatic N) is 1. The number of ether oxygens (including phenoxy) is 1. The molecule has 1 saturated heterocycles. The Bertz CT molecular complexity index is 245. The van der Waals surface area contributed by atoms with Gasteiger partial charge < -0.3 is 15.4 Å². The minimum Gasteiger partial charge on any atom is -0.462 e. The zero-order chi connectivity index (χ0) is 11.5. The SMILES string of the molecule is CN1CCC(OC(=O)CC(N)C2CC2)CC1. The Morgan fingerprint density at radius 1 is 1.38 bits per heavy atom. The molecule has 2 N–H and O–H groups in total. The van der Waals surface area contributed by atoms with Gasteiger partial charge in [0.1, 0.15) is 6.10 Å². The van der Waals surface area contributed by atoms with E-state index >= 15 is 0 Å². The normalized spacial score (nSPS) is 25.4. The van der Waals surface area contributed by atoms with Crippen LogP contribution in [0.25, 0.3) is 0 Å². The maximum Gasteiger partial charge on any atom is 0.307 e. The lowest BCUT2D eigenvalue weighted by Crippen LogP contribution is -2.36. The number of hydrogen-bond acceptors (Lipinski definition) is 4. The summed E-state index contributed by atoms with van der Waals surface area (Å²) in [6.45, 7) is 2.04. The zero-order valence-corrected chi connectivity index (χ0v) is 10.0. The van der Waals surface area contributed by atoms with Crippen molar-refractivity contribution in [1.82, 2.24) is 4.90 Å². The van der Waals surface area contributed by atoms with E-state index in [1.54, 1.807) is 0 Å². The summed E-state index contributed by atoms with van der Waals surface area (Å²) in [6.07, 6.45) is 4.81. The van der Waals surface area contributed by atoms with Gasteiger partial charge in [-0.25, -0.2) is 0 Å². The molecule has 0 amide bonds. The Balaban J connectivity index is 1.66. The lowest BCUT2D eigenvalue weighted by molar-refractivity contribution is -0.151. The van der Waals surface area contributed by atoms with Gasteiger partial charge in [0.25, 0.3) is 0 Å². The van der Waals surface area contributed by atoms with Crippen molar-refractivity contribution in [3.63, 3.8) is 0 Å². The molecule has 0 spiro atoms. The van der Waals surface area contributed by atoms with Gasteiger partial charge in [0.2, 0.25) is 0 Å². The van der Waals surface area contributed by atoms with Gasteiger partial charge in [-0.1, -0.05) is 0 Å². The summed E-state index contributed by atoms with van der Waals surface area (Å²) < 4.78 is 5.44. The second-order valence-corrected chi connectivity index (χ2v) is 5.20. The number of likely N-dealkylation sites (tertiary alicyclic amines) is 1. The Morgan fingerprint density at radius 2 is 2.00 bits per heavy atom. The second kappa shape index (κ2) is 5.15. The van der Waals surface area contributed by atoms with Crippen molar-refractivity contribution in [2.24, 2.45) is 11.7 Å². The fourth-order valence-corrected chi connectivity index (χ4v) is 2.22. The number of carbonyl (C=O) groups is 1. The highest BCUT2D eigenvalue weighted by Crippen LogP contribution is 2.33. The van der Waals surface area contributed by atoms with E-state index in [0.717, 1.165) is 25.9 Å². The molecule has 1 aliphatic carbocycles. The molecule has 1 atom stereocenters. The van der Waals surface area contributed by atoms with E-state index in [0.29, 0.717) is 12.3 Å². The summed E-state index contributed by atoms with van der Waals surface area (Å²) in [5.41, 5.74) is 5.90. The van der Waals surface area contributed by atoms with E-state index in [9.17, 15) is 4.79 Å². The van der Waals surface area contributed by atoms with Crippen LogP contribution in [0.1, 0.15) is 32.1 Å². The number of nitrogens with two attached hydrogens (primary N) is 1. The monoisotopic (exact) mass is 226 g/mol. The molecular weight excluding hydrogens is 204 g/mol. The molecule has 1 saturated carbocycles. The van der Waals surface area contributed by atoms with Crippen LogP contribution in [0.15, 0.2) is 0 Å². The van der Waals surface area contributed by atoms with Gasteiger partial charge in [0.05, 0.1) is 6.42 Å². The number of carbonyl (C=O) groups excluding carboxylic acids is 1. The topological polar surface area (TPSA) is 55.6 Å². The lowest BCUT2D eigenvalue weighted by atomic mass is 10.1. The van der Waals surface area contributed by atoms with Gasteiger partial charge in [-0.3, -0.25) is 4.79 Å². The van der Waals surface area contributed by atoms with Crippen molar-refractivity contribution >= 4 is 5.97 Å². The van der Waals surface area contributed by atoms with Crippen LogP contribution in [-0.2, 0) is 9.53 Å². The minimum absolute atomic E-state index is 0.0266. The third kappa shape index (κ3) is 3.46. The predicted octanol–water partition coefficient (Wildman–Crippen LogP) is 0.751. The molecule has 1 unspecified atom stereocenters. The standard InChI is InChI=1S/C12H22N2O2/c1-14-6-4-10(5-7-14)16-12(15)8-11(13)9-2-3-9/h9-11H,2-8,13H2,1H3. The van der Waals surface area contributed by atoms with E-state index in [1.165, 1.54) is 12.8 Å². The molecule has 1 heterocycles. The molecule has 0 aromatic rings. The highest BCUT2D eigenvalue weighted by atomic mass is 16.5. The Labute approximate surface area is 97.1 Å². The highest BCUT2D eigenvalue weighted by molar-refractivity contribution is 5.70. The van der Waals surface area contributed by atoms with Gasteiger partial charge in [-0.05, 0) is 38.6 Å². The summed E-state index contributed by atoms with van der Waals surface area (Å²) in [5, 5.41) is 0. The van der Waals surface area contributed by atoms with Crippen LogP contribution in [0.4, 0.5) is 0 Å². The average Bonchev–Trinajstić information content (AvgIpc) is 3.04. The third-order valence-electron chi connectivity index (χ3n) is 3.59. The highest BCUT2D eigenvalue weighted by Gasteiger charge is 2.31. The molecule has 4 heteroatoms. The van der Waals surface area contributed by atoms with E-state index in [4.69, 9.17) is 10.5 Å². The molecule has 0 aromatic heterocycles. The molecule has 0 bridgehead atoms. The fraction of sp³-hybridized carbons (Fsp3) is 0.917. The lowest BCUT2D eigenvalue weighted by Gasteiger charge is -2.28. The summed E-state index contributed by atoms with van der Waals surface area (Å²) >= 11 is 0. The maximum absolute atomic E-state index is 11.6. The van der Waals surface area contributed by atoms with Crippen molar-refractivity contribution < 1.29 is 9.53 Å². The third-order valence-corrected chi connectivity index (χ3v) is 3.59. The predicted molar refractivity (Wildman–Crippen MR) is 61.9 cm³/mol. The van der Waals surface area contributed by atoms with Crippen molar-refractivity contribution in [2.45, 2.75) is 44.2 Å². The van der Waals surface area contributed by atoms with Crippen LogP contribution in [0.2, 0.25) is 0 Å². The van der Waals surface area contributed by atoms with Gasteiger partial charge >= 0.3 is 5.97 Å². The number of piperidine rings is 1. The Kier molecular flexibility index (Phi) is 3.82. The molecule has 0 aromatic carbocycles. The minimum atomic E-state index is -0.103. The quantitative estimate of drug-likeness (QED) is 0.719. The van der Waals surface area contributed by atoms with E-state index in [-0.39, 0.29) is 18.1 Å². The molecule has 2 fully saturated rings. The molecule has 92 valence electrons. The molecular formula is C12H22N2O2. The first-order chi connectivity index (χ1) is 7.65. The Morgan fingerprint density at radius 3 is 2.56 bits per heavy atom. The molecule has 2 rings (SSSR count). The first kappa shape index (κ1) is 11.9.